The van der Waals surface area contributed by atoms with Crippen LogP contribution in [0.25, 0.3) is 22.3 Å². The van der Waals surface area contributed by atoms with E-state index in [-0.39, 0.29) is 77.2 Å². The van der Waals surface area contributed by atoms with Crippen LogP contribution in [0.1, 0.15) is 66.0 Å². The van der Waals surface area contributed by atoms with Crippen LogP contribution in [0.15, 0.2) is 70.9 Å². The fourth-order valence-corrected chi connectivity index (χ4v) is 8.76. The molecule has 5 aromatic rings. The second-order valence-corrected chi connectivity index (χ2v) is 19.8. The quantitative estimate of drug-likeness (QED) is 0.0165. The van der Waals surface area contributed by atoms with E-state index in [9.17, 15) is 56.3 Å². The van der Waals surface area contributed by atoms with Gasteiger partial charge < -0.3 is 51.0 Å². The first-order chi connectivity index (χ1) is 36.2. The number of hydrogen-bond donors (Lipinski definition) is 7. The number of nitrogens with one attached hydrogen (secondary N) is 6. The van der Waals surface area contributed by atoms with Gasteiger partial charge in [-0.25, -0.2) is 32.6 Å². The molecule has 0 unspecified atom stereocenters. The fraction of sp³-hybridized carbons (Fsp3) is 0.340. The van der Waals surface area contributed by atoms with E-state index in [0.29, 0.717) is 40.5 Å². The zero-order chi connectivity index (χ0) is 54.7. The summed E-state index contributed by atoms with van der Waals surface area (Å²) in [5, 5.41) is 26.0. The average Bonchev–Trinajstić information content (AvgIpc) is 3.79. The second-order valence-electron chi connectivity index (χ2n) is 17.4. The van der Waals surface area contributed by atoms with E-state index in [1.807, 2.05) is 0 Å². The monoisotopic (exact) mass is 1080 g/mol. The molecule has 0 saturated carbocycles. The van der Waals surface area contributed by atoms with E-state index < -0.39 is 107 Å². The van der Waals surface area contributed by atoms with Crippen LogP contribution in [0.5, 0.6) is 0 Å². The number of rotatable bonds is 21. The van der Waals surface area contributed by atoms with Crippen molar-refractivity contribution in [3.05, 3.63) is 115 Å². The van der Waals surface area contributed by atoms with Gasteiger partial charge in [0.15, 0.2) is 5.60 Å². The summed E-state index contributed by atoms with van der Waals surface area (Å²) in [5.74, 6) is 0.0215. The van der Waals surface area contributed by atoms with Crippen molar-refractivity contribution < 1.29 is 61.0 Å². The number of pyridine rings is 2. The second kappa shape index (κ2) is 24.4. The molecule has 76 heavy (non-hydrogen) atoms. The Balaban J connectivity index is 0.850. The highest BCUT2D eigenvalue weighted by atomic mass is 35.5. The summed E-state index contributed by atoms with van der Waals surface area (Å²) < 4.78 is 49.7. The Morgan fingerprint density at radius 3 is 2.34 bits per heavy atom. The largest absolute Gasteiger partial charge is 0.458 e. The van der Waals surface area contributed by atoms with Crippen LogP contribution < -0.4 is 37.5 Å². The molecule has 0 bridgehead atoms. The molecular formula is C50H50ClFN10O13S. The molecule has 0 spiro atoms. The minimum absolute atomic E-state index is 0.0196. The van der Waals surface area contributed by atoms with Crippen molar-refractivity contribution in [2.75, 3.05) is 39.2 Å². The van der Waals surface area contributed by atoms with Gasteiger partial charge in [-0.2, -0.15) is 0 Å². The third kappa shape index (κ3) is 13.6. The summed E-state index contributed by atoms with van der Waals surface area (Å²) >= 11 is 6.18. The Morgan fingerprint density at radius 2 is 1.62 bits per heavy atom. The number of benzene rings is 2. The summed E-state index contributed by atoms with van der Waals surface area (Å²) in [7, 11) is -3.54. The smallest absolute Gasteiger partial charge is 0.343 e. The number of aromatic nitrogens is 4. The van der Waals surface area contributed by atoms with Gasteiger partial charge in [-0.1, -0.05) is 60.7 Å². The number of nitrogens with zero attached hydrogens (tertiary/aromatic N) is 4. The first-order valence-electron chi connectivity index (χ1n) is 23.5. The van der Waals surface area contributed by atoms with Crippen molar-refractivity contribution >= 4 is 73.8 Å². The standard InChI is InChI=1S/C50H50ClFN10O13S/c1-3-50(71)34-16-39-45-32(24-62(39)47(69)33(34)25-75-48(50)70)31(30-15-35(51)36(52)17-37(30)61-45)20-53-44(67)26-74-27-59-42(65)22-56-46(68)38(14-28-10-6-4-7-11-28)60-43(66)23-55-41(64)21-54-40(63)13-9-5-8-12-29-18-57-49(58-19-29)76(2,72)73/h4,6-7,10-11,15-19,38,71H,3,5,9,13-14,20-27H2,1-2H3,(H,53,67)(H,54,63)(H,55,64)(H,56,68)(H,59,65)(H,60,66)/t38-,50-/m0/s1. The Labute approximate surface area is 438 Å². The van der Waals surface area contributed by atoms with Gasteiger partial charge in [-0.3, -0.25) is 33.6 Å². The van der Waals surface area contributed by atoms with Gasteiger partial charge in [0.25, 0.3) is 5.56 Å². The molecule has 2 aliphatic rings. The molecule has 7 N–H and O–H groups in total. The maximum Gasteiger partial charge on any atom is 0.343 e. The highest BCUT2D eigenvalue weighted by molar-refractivity contribution is 7.90. The molecule has 23 nitrogen and oxygen atoms in total. The van der Waals surface area contributed by atoms with Crippen LogP contribution in [0.4, 0.5) is 4.39 Å². The molecule has 398 valence electrons. The van der Waals surface area contributed by atoms with Gasteiger partial charge in [0.1, 0.15) is 31.8 Å². The number of amides is 6. The number of hydrogen-bond acceptors (Lipinski definition) is 16. The minimum Gasteiger partial charge on any atom is -0.458 e. The molecule has 3 aromatic heterocycles. The minimum atomic E-state index is -3.54. The number of cyclic esters (lactones) is 1. The van der Waals surface area contributed by atoms with Gasteiger partial charge >= 0.3 is 5.97 Å². The lowest BCUT2D eigenvalue weighted by molar-refractivity contribution is -0.172. The van der Waals surface area contributed by atoms with E-state index in [1.165, 1.54) is 29.1 Å². The Bertz CT molecular complexity index is 3370. The highest BCUT2D eigenvalue weighted by Crippen LogP contribution is 2.41. The number of carbonyl (C=O) groups is 7. The number of ether oxygens (including phenoxy) is 2. The fourth-order valence-electron chi connectivity index (χ4n) is 8.11. The predicted octanol–water partition coefficient (Wildman–Crippen LogP) is 0.0702. The maximum absolute atomic E-state index is 14.8. The van der Waals surface area contributed by atoms with Crippen molar-refractivity contribution in [3.63, 3.8) is 0 Å². The topological polar surface area (TPSA) is 325 Å². The Morgan fingerprint density at radius 1 is 0.921 bits per heavy atom. The third-order valence-corrected chi connectivity index (χ3v) is 13.2. The van der Waals surface area contributed by atoms with Gasteiger partial charge in [0.05, 0.1) is 59.2 Å². The van der Waals surface area contributed by atoms with E-state index in [1.54, 1.807) is 37.3 Å². The number of sulfone groups is 1. The Hall–Kier alpha value is -8.18. The van der Waals surface area contributed by atoms with Gasteiger partial charge in [-0.05, 0) is 36.1 Å². The van der Waals surface area contributed by atoms with Gasteiger partial charge in [-0.15, -0.1) is 0 Å². The van der Waals surface area contributed by atoms with Crippen molar-refractivity contribution in [2.45, 2.75) is 75.5 Å². The van der Waals surface area contributed by atoms with Crippen LogP contribution in [-0.4, -0.2) is 120 Å². The number of halogens is 2. The number of esters is 1. The molecule has 2 aliphatic heterocycles. The normalized spacial score (nSPS) is 14.6. The van der Waals surface area contributed by atoms with E-state index >= 15 is 0 Å². The summed E-state index contributed by atoms with van der Waals surface area (Å²) in [4.78, 5) is 115. The number of aliphatic hydroxyl groups is 1. The van der Waals surface area contributed by atoms with Crippen LogP contribution in [0.2, 0.25) is 5.02 Å². The van der Waals surface area contributed by atoms with E-state index in [4.69, 9.17) is 21.1 Å². The molecular weight excluding hydrogens is 1040 g/mol. The molecule has 0 aliphatic carbocycles. The van der Waals surface area contributed by atoms with Gasteiger partial charge in [0, 0.05) is 67.0 Å². The number of carbonyl (C=O) groups excluding carboxylic acids is 7. The SMILES string of the molecule is CC[C@@]1(O)C(=O)OCc2c1cc1n(c2=O)Cc2c-1nc1cc(F)c(Cl)cc1c2CNC(=O)COCNC(=O)CNC(=O)[C@H](Cc1ccccc1)NC(=O)CNC(=O)CNC(=O)CCCC#Cc1cnc(S(C)(=O)=O)nc1. The predicted molar refractivity (Wildman–Crippen MR) is 267 cm³/mol. The van der Waals surface area contributed by atoms with E-state index in [0.717, 1.165) is 12.3 Å². The zero-order valence-corrected chi connectivity index (χ0v) is 42.4. The van der Waals surface area contributed by atoms with Crippen LogP contribution >= 0.6 is 11.6 Å². The lowest BCUT2D eigenvalue weighted by Crippen LogP contribution is -2.52. The molecule has 6 amide bonds. The van der Waals surface area contributed by atoms with Crippen LogP contribution in [0, 0.1) is 17.7 Å². The van der Waals surface area contributed by atoms with Crippen molar-refractivity contribution in [1.29, 1.82) is 0 Å². The highest BCUT2D eigenvalue weighted by Gasteiger charge is 2.45. The molecule has 7 rings (SSSR count). The van der Waals surface area contributed by atoms with Crippen molar-refractivity contribution in [2.24, 2.45) is 0 Å². The molecule has 2 atom stereocenters. The molecule has 2 aromatic carbocycles. The lowest BCUT2D eigenvalue weighted by atomic mass is 9.86. The molecule has 0 radical (unpaired) electrons. The summed E-state index contributed by atoms with van der Waals surface area (Å²) in [6, 6.07) is 11.5. The van der Waals surface area contributed by atoms with Crippen molar-refractivity contribution in [1.82, 2.24) is 51.4 Å². The first-order valence-corrected chi connectivity index (χ1v) is 25.8. The molecule has 0 saturated heterocycles. The average molecular weight is 1090 g/mol. The van der Waals surface area contributed by atoms with Crippen LogP contribution in [-0.2, 0) is 84.6 Å². The Kier molecular flexibility index (Phi) is 17.9. The maximum atomic E-state index is 14.8. The zero-order valence-electron chi connectivity index (χ0n) is 40.8. The summed E-state index contributed by atoms with van der Waals surface area (Å²) in [5.41, 5.74) is 0.312. The third-order valence-electron chi connectivity index (χ3n) is 12.1. The van der Waals surface area contributed by atoms with Crippen LogP contribution in [0.3, 0.4) is 0 Å². The molecule has 5 heterocycles. The first kappa shape index (κ1) is 55.6. The number of unbranched alkanes of at least 4 members (excludes halogenated alkanes) is 1. The summed E-state index contributed by atoms with van der Waals surface area (Å²) in [6.45, 7) is -1.47. The molecule has 26 heteroatoms. The molecule has 0 fully saturated rings. The van der Waals surface area contributed by atoms with E-state index in [2.05, 4.69) is 58.7 Å². The lowest BCUT2D eigenvalue weighted by Gasteiger charge is -2.31. The van der Waals surface area contributed by atoms with Crippen molar-refractivity contribution in [3.8, 4) is 23.2 Å². The number of fused-ring (bicyclic) bond motifs is 5. The van der Waals surface area contributed by atoms with Gasteiger partial charge in [0.2, 0.25) is 50.4 Å². The summed E-state index contributed by atoms with van der Waals surface area (Å²) in [6.07, 6.45) is 4.20.